The smallest absolute Gasteiger partial charge is 0.191 e. The zero-order valence-electron chi connectivity index (χ0n) is 17.3. The molecule has 0 saturated carbocycles. The van der Waals surface area contributed by atoms with Gasteiger partial charge in [-0.3, -0.25) is 4.79 Å². The van der Waals surface area contributed by atoms with Gasteiger partial charge >= 0.3 is 0 Å². The van der Waals surface area contributed by atoms with Crippen molar-refractivity contribution in [2.75, 3.05) is 5.75 Å². The summed E-state index contributed by atoms with van der Waals surface area (Å²) in [6.07, 6.45) is -0.529. The molecule has 1 heterocycles. The lowest BCUT2D eigenvalue weighted by Gasteiger charge is -2.18. The van der Waals surface area contributed by atoms with Crippen molar-refractivity contribution in [3.05, 3.63) is 69.7 Å². The average Bonchev–Trinajstić information content (AvgIpc) is 3.09. The van der Waals surface area contributed by atoms with E-state index in [9.17, 15) is 9.18 Å². The summed E-state index contributed by atoms with van der Waals surface area (Å²) in [5.41, 5.74) is 0.407. The number of carbonyl (C=O) groups is 1. The fourth-order valence-corrected chi connectivity index (χ4v) is 4.30. The largest absolute Gasteiger partial charge is 0.480 e. The van der Waals surface area contributed by atoms with Crippen molar-refractivity contribution in [3.63, 3.8) is 0 Å². The van der Waals surface area contributed by atoms with E-state index in [1.54, 1.807) is 43.3 Å². The Labute approximate surface area is 194 Å². The monoisotopic (exact) mass is 481 g/mol. The van der Waals surface area contributed by atoms with E-state index in [-0.39, 0.29) is 17.3 Å². The first kappa shape index (κ1) is 23.6. The molecular weight excluding hydrogens is 460 g/mol. The molecule has 0 aliphatic carbocycles. The molecule has 2 aromatic carbocycles. The van der Waals surface area contributed by atoms with E-state index < -0.39 is 11.9 Å². The van der Waals surface area contributed by atoms with Crippen LogP contribution < -0.4 is 4.74 Å². The van der Waals surface area contributed by atoms with Gasteiger partial charge in [0.25, 0.3) is 0 Å². The van der Waals surface area contributed by atoms with Crippen LogP contribution in [-0.4, -0.2) is 26.3 Å². The molecule has 3 rings (SSSR count). The van der Waals surface area contributed by atoms with Gasteiger partial charge in [-0.2, -0.15) is 0 Å². The standard InChI is InChI=1S/C22H22Cl2FN3O2S/c1-13(2)11-28-21(14(3)30-20-7-5-4-6-18(20)25)26-27-22(28)31-12-19(29)16-9-8-15(23)10-17(16)24/h4-10,13-14H,11-12H2,1-3H3. The number of ketones is 1. The first-order chi connectivity index (χ1) is 14.8. The van der Waals surface area contributed by atoms with Crippen LogP contribution in [0.15, 0.2) is 47.6 Å². The minimum absolute atomic E-state index is 0.136. The van der Waals surface area contributed by atoms with E-state index in [4.69, 9.17) is 27.9 Å². The molecule has 0 fully saturated rings. The summed E-state index contributed by atoms with van der Waals surface area (Å²) in [6.45, 7) is 6.56. The van der Waals surface area contributed by atoms with Crippen LogP contribution in [0.2, 0.25) is 10.0 Å². The minimum Gasteiger partial charge on any atom is -0.480 e. The molecular formula is C22H22Cl2FN3O2S. The maximum absolute atomic E-state index is 14.0. The SMILES string of the molecule is CC(C)Cn1c(SCC(=O)c2ccc(Cl)cc2Cl)nnc1C(C)Oc1ccccc1F. The second kappa shape index (κ2) is 10.5. The predicted molar refractivity (Wildman–Crippen MR) is 122 cm³/mol. The van der Waals surface area contributed by atoms with Gasteiger partial charge in [0.05, 0.1) is 10.8 Å². The number of carbonyl (C=O) groups excluding carboxylic acids is 1. The normalized spacial score (nSPS) is 12.2. The first-order valence-electron chi connectivity index (χ1n) is 9.71. The summed E-state index contributed by atoms with van der Waals surface area (Å²) in [5.74, 6) is 0.580. The highest BCUT2D eigenvalue weighted by atomic mass is 35.5. The fourth-order valence-electron chi connectivity index (χ4n) is 2.95. The third-order valence-corrected chi connectivity index (χ3v) is 5.88. The third-order valence-electron chi connectivity index (χ3n) is 4.36. The maximum atomic E-state index is 14.0. The van der Waals surface area contributed by atoms with Crippen LogP contribution >= 0.6 is 35.0 Å². The van der Waals surface area contributed by atoms with Gasteiger partial charge in [0.15, 0.2) is 34.4 Å². The van der Waals surface area contributed by atoms with Gasteiger partial charge in [-0.1, -0.05) is 60.9 Å². The molecule has 0 aliphatic heterocycles. The van der Waals surface area contributed by atoms with Crippen LogP contribution in [0, 0.1) is 11.7 Å². The lowest BCUT2D eigenvalue weighted by Crippen LogP contribution is -2.16. The molecule has 5 nitrogen and oxygen atoms in total. The molecule has 0 amide bonds. The van der Waals surface area contributed by atoms with Crippen molar-refractivity contribution < 1.29 is 13.9 Å². The lowest BCUT2D eigenvalue weighted by atomic mass is 10.1. The number of ether oxygens (including phenoxy) is 1. The number of halogens is 3. The number of Topliss-reactive ketones (excluding diaryl/α,β-unsaturated/α-hetero) is 1. The molecule has 0 N–H and O–H groups in total. The fraction of sp³-hybridized carbons (Fsp3) is 0.318. The Morgan fingerprint density at radius 2 is 1.90 bits per heavy atom. The van der Waals surface area contributed by atoms with Crippen molar-refractivity contribution in [2.45, 2.75) is 38.6 Å². The molecule has 164 valence electrons. The van der Waals surface area contributed by atoms with Gasteiger partial charge in [-0.25, -0.2) is 4.39 Å². The Kier molecular flexibility index (Phi) is 7.97. The average molecular weight is 482 g/mol. The minimum atomic E-state index is -0.529. The topological polar surface area (TPSA) is 57.0 Å². The number of aromatic nitrogens is 3. The third kappa shape index (κ3) is 5.99. The zero-order valence-corrected chi connectivity index (χ0v) is 19.6. The molecule has 0 spiro atoms. The van der Waals surface area contributed by atoms with E-state index in [2.05, 4.69) is 24.0 Å². The number of hydrogen-bond donors (Lipinski definition) is 0. The number of rotatable bonds is 9. The van der Waals surface area contributed by atoms with Gasteiger partial charge in [0, 0.05) is 17.1 Å². The number of para-hydroxylation sites is 1. The van der Waals surface area contributed by atoms with Gasteiger partial charge in [0.2, 0.25) is 0 Å². The summed E-state index contributed by atoms with van der Waals surface area (Å²) in [7, 11) is 0. The van der Waals surface area contributed by atoms with Crippen LogP contribution in [0.5, 0.6) is 5.75 Å². The van der Waals surface area contributed by atoms with E-state index in [0.29, 0.717) is 39.1 Å². The summed E-state index contributed by atoms with van der Waals surface area (Å²) in [5, 5.41) is 9.89. The number of hydrogen-bond acceptors (Lipinski definition) is 5. The Hall–Kier alpha value is -2.09. The molecule has 1 atom stereocenters. The first-order valence-corrected chi connectivity index (χ1v) is 11.5. The molecule has 1 aromatic heterocycles. The predicted octanol–water partition coefficient (Wildman–Crippen LogP) is 6.50. The second-order valence-corrected chi connectivity index (χ2v) is 9.16. The molecule has 31 heavy (non-hydrogen) atoms. The van der Waals surface area contributed by atoms with E-state index in [1.165, 1.54) is 17.8 Å². The van der Waals surface area contributed by atoms with E-state index in [0.717, 1.165) is 0 Å². The molecule has 0 aliphatic rings. The Bertz CT molecular complexity index is 1070. The molecule has 9 heteroatoms. The van der Waals surface area contributed by atoms with Gasteiger partial charge < -0.3 is 9.30 Å². The Morgan fingerprint density at radius 1 is 1.16 bits per heavy atom. The zero-order chi connectivity index (χ0) is 22.5. The molecule has 3 aromatic rings. The highest BCUT2D eigenvalue weighted by Crippen LogP contribution is 2.28. The van der Waals surface area contributed by atoms with Crippen LogP contribution in [0.3, 0.4) is 0 Å². The number of benzene rings is 2. The highest BCUT2D eigenvalue weighted by molar-refractivity contribution is 7.99. The lowest BCUT2D eigenvalue weighted by molar-refractivity contribution is 0.102. The number of thioether (sulfide) groups is 1. The highest BCUT2D eigenvalue weighted by Gasteiger charge is 2.22. The summed E-state index contributed by atoms with van der Waals surface area (Å²) >= 11 is 13.3. The van der Waals surface area contributed by atoms with Crippen LogP contribution in [0.25, 0.3) is 0 Å². The van der Waals surface area contributed by atoms with Crippen molar-refractivity contribution in [2.24, 2.45) is 5.92 Å². The van der Waals surface area contributed by atoms with Crippen molar-refractivity contribution in [1.82, 2.24) is 14.8 Å². The van der Waals surface area contributed by atoms with Crippen LogP contribution in [-0.2, 0) is 6.54 Å². The van der Waals surface area contributed by atoms with Crippen molar-refractivity contribution >= 4 is 40.7 Å². The van der Waals surface area contributed by atoms with Crippen molar-refractivity contribution in [1.29, 1.82) is 0 Å². The molecule has 0 saturated heterocycles. The van der Waals surface area contributed by atoms with E-state index in [1.807, 2.05) is 4.57 Å². The Morgan fingerprint density at radius 3 is 2.58 bits per heavy atom. The Balaban J connectivity index is 1.78. The van der Waals surface area contributed by atoms with Gasteiger partial charge in [-0.05, 0) is 43.2 Å². The second-order valence-electron chi connectivity index (χ2n) is 7.37. The van der Waals surface area contributed by atoms with Gasteiger partial charge in [0.1, 0.15) is 0 Å². The molecule has 0 radical (unpaired) electrons. The summed E-state index contributed by atoms with van der Waals surface area (Å²) in [6, 6.07) is 11.0. The maximum Gasteiger partial charge on any atom is 0.191 e. The van der Waals surface area contributed by atoms with Crippen molar-refractivity contribution in [3.8, 4) is 5.75 Å². The van der Waals surface area contributed by atoms with Crippen LogP contribution in [0.1, 0.15) is 43.1 Å². The van der Waals surface area contributed by atoms with Crippen LogP contribution in [0.4, 0.5) is 4.39 Å². The quantitative estimate of drug-likeness (QED) is 0.258. The summed E-state index contributed by atoms with van der Waals surface area (Å²) < 4.78 is 21.7. The summed E-state index contributed by atoms with van der Waals surface area (Å²) in [4.78, 5) is 12.6. The number of nitrogens with zero attached hydrogens (tertiary/aromatic N) is 3. The van der Waals surface area contributed by atoms with E-state index >= 15 is 0 Å². The molecule has 1 unspecified atom stereocenters. The van der Waals surface area contributed by atoms with Gasteiger partial charge in [-0.15, -0.1) is 10.2 Å². The molecule has 0 bridgehead atoms.